The third kappa shape index (κ3) is 5.90. The summed E-state index contributed by atoms with van der Waals surface area (Å²) in [6.45, 7) is 3.18. The number of amides is 1. The summed E-state index contributed by atoms with van der Waals surface area (Å²) < 4.78 is 33.9. The molecule has 0 radical (unpaired) electrons. The largest absolute Gasteiger partial charge is 0.381 e. The number of thiazole rings is 1. The van der Waals surface area contributed by atoms with Gasteiger partial charge in [0.25, 0.3) is 10.0 Å². The van der Waals surface area contributed by atoms with Crippen molar-refractivity contribution in [3.63, 3.8) is 0 Å². The average molecular weight is 540 g/mol. The second-order valence-electron chi connectivity index (χ2n) is 7.97. The fourth-order valence-corrected chi connectivity index (χ4v) is 6.52. The average Bonchev–Trinajstić information content (AvgIpc) is 3.15. The maximum absolute atomic E-state index is 13.1. The maximum atomic E-state index is 13.1. The number of carbonyl (C=O) groups is 1. The van der Waals surface area contributed by atoms with Gasteiger partial charge < -0.3 is 10.1 Å². The standard InChI is InChI=1S/C23H23Cl2N3O4S2/c1-14-22(33-23(26-14)27-21(29)12-15-8-10-32-11-9-15)16-6-7-18(25)20(13-16)34(30,31)28-19-5-3-2-4-17(19)24/h2-7,13,15,28H,8-12H2,1H3,(H,26,27,29). The van der Waals surface area contributed by atoms with Crippen LogP contribution in [0.15, 0.2) is 47.4 Å². The Bertz CT molecular complexity index is 1310. The molecule has 0 saturated carbocycles. The molecule has 180 valence electrons. The molecule has 4 rings (SSSR count). The lowest BCUT2D eigenvalue weighted by molar-refractivity contribution is -0.117. The summed E-state index contributed by atoms with van der Waals surface area (Å²) in [4.78, 5) is 17.6. The van der Waals surface area contributed by atoms with Gasteiger partial charge in [0.2, 0.25) is 5.91 Å². The van der Waals surface area contributed by atoms with Crippen molar-refractivity contribution in [2.75, 3.05) is 23.3 Å². The number of nitrogens with zero attached hydrogens (tertiary/aromatic N) is 1. The molecule has 2 heterocycles. The number of benzene rings is 2. The van der Waals surface area contributed by atoms with E-state index in [2.05, 4.69) is 15.0 Å². The second-order valence-corrected chi connectivity index (χ2v) is 11.4. The number of nitrogens with one attached hydrogen (secondary N) is 2. The fraction of sp³-hybridized carbons (Fsp3) is 0.304. The Hall–Kier alpha value is -2.17. The molecule has 7 nitrogen and oxygen atoms in total. The van der Waals surface area contributed by atoms with Crippen LogP contribution >= 0.6 is 34.5 Å². The van der Waals surface area contributed by atoms with Gasteiger partial charge in [-0.2, -0.15) is 0 Å². The monoisotopic (exact) mass is 539 g/mol. The molecule has 0 aliphatic carbocycles. The van der Waals surface area contributed by atoms with Crippen molar-refractivity contribution in [3.05, 3.63) is 58.2 Å². The number of ether oxygens (including phenoxy) is 1. The van der Waals surface area contributed by atoms with E-state index in [0.717, 1.165) is 17.7 Å². The number of carbonyl (C=O) groups excluding carboxylic acids is 1. The molecular formula is C23H23Cl2N3O4S2. The molecule has 0 unspecified atom stereocenters. The number of aryl methyl sites for hydroxylation is 1. The molecule has 0 bridgehead atoms. The van der Waals surface area contributed by atoms with Crippen molar-refractivity contribution < 1.29 is 17.9 Å². The highest BCUT2D eigenvalue weighted by atomic mass is 35.5. The van der Waals surface area contributed by atoms with E-state index >= 15 is 0 Å². The van der Waals surface area contributed by atoms with Crippen LogP contribution in [0.3, 0.4) is 0 Å². The van der Waals surface area contributed by atoms with Gasteiger partial charge in [-0.05, 0) is 55.5 Å². The number of hydrogen-bond acceptors (Lipinski definition) is 6. The lowest BCUT2D eigenvalue weighted by Gasteiger charge is -2.20. The Labute approximate surface area is 212 Å². The molecule has 11 heteroatoms. The van der Waals surface area contributed by atoms with E-state index in [1.807, 2.05) is 6.92 Å². The highest BCUT2D eigenvalue weighted by Gasteiger charge is 2.22. The highest BCUT2D eigenvalue weighted by molar-refractivity contribution is 7.92. The normalized spacial score (nSPS) is 14.7. The molecule has 2 aromatic carbocycles. The number of hydrogen-bond donors (Lipinski definition) is 2. The zero-order valence-corrected chi connectivity index (χ0v) is 21.5. The molecule has 34 heavy (non-hydrogen) atoms. The van der Waals surface area contributed by atoms with Crippen LogP contribution in [0.4, 0.5) is 10.8 Å². The Morgan fingerprint density at radius 3 is 2.62 bits per heavy atom. The summed E-state index contributed by atoms with van der Waals surface area (Å²) >= 11 is 13.6. The van der Waals surface area contributed by atoms with Crippen molar-refractivity contribution in [1.82, 2.24) is 4.98 Å². The summed E-state index contributed by atoms with van der Waals surface area (Å²) in [5.41, 5.74) is 1.56. The Balaban J connectivity index is 1.55. The molecule has 0 atom stereocenters. The minimum Gasteiger partial charge on any atom is -0.381 e. The third-order valence-electron chi connectivity index (χ3n) is 5.46. The lowest BCUT2D eigenvalue weighted by atomic mass is 9.96. The van der Waals surface area contributed by atoms with Gasteiger partial charge >= 0.3 is 0 Å². The summed E-state index contributed by atoms with van der Waals surface area (Å²) in [7, 11) is -4.00. The van der Waals surface area contributed by atoms with E-state index < -0.39 is 10.0 Å². The molecule has 0 spiro atoms. The van der Waals surface area contributed by atoms with E-state index in [1.165, 1.54) is 23.5 Å². The summed E-state index contributed by atoms with van der Waals surface area (Å²) in [5, 5.41) is 3.70. The number of aromatic nitrogens is 1. The number of anilines is 2. The van der Waals surface area contributed by atoms with Gasteiger partial charge in [0, 0.05) is 19.6 Å². The first-order valence-corrected chi connectivity index (χ1v) is 13.7. The van der Waals surface area contributed by atoms with E-state index in [0.29, 0.717) is 41.9 Å². The van der Waals surface area contributed by atoms with Crippen LogP contribution < -0.4 is 10.0 Å². The van der Waals surface area contributed by atoms with Crippen LogP contribution in [0.25, 0.3) is 10.4 Å². The maximum Gasteiger partial charge on any atom is 0.263 e. The molecule has 1 aliphatic rings. The van der Waals surface area contributed by atoms with Gasteiger partial charge in [-0.25, -0.2) is 13.4 Å². The van der Waals surface area contributed by atoms with Gasteiger partial charge in [-0.1, -0.05) is 52.7 Å². The summed E-state index contributed by atoms with van der Waals surface area (Å²) in [6, 6.07) is 11.3. The fourth-order valence-electron chi connectivity index (χ4n) is 3.69. The zero-order chi connectivity index (χ0) is 24.3. The van der Waals surface area contributed by atoms with Crippen LogP contribution in [-0.4, -0.2) is 32.5 Å². The first-order valence-electron chi connectivity index (χ1n) is 10.7. The van der Waals surface area contributed by atoms with Crippen LogP contribution in [0.5, 0.6) is 0 Å². The van der Waals surface area contributed by atoms with Crippen molar-refractivity contribution in [2.45, 2.75) is 31.1 Å². The number of sulfonamides is 1. The number of rotatable bonds is 7. The predicted molar refractivity (Wildman–Crippen MR) is 136 cm³/mol. The molecule has 1 fully saturated rings. The molecule has 1 amide bonds. The Kier molecular flexibility index (Phi) is 7.79. The van der Waals surface area contributed by atoms with E-state index in [-0.39, 0.29) is 26.5 Å². The number of para-hydroxylation sites is 1. The first-order chi connectivity index (χ1) is 16.2. The molecule has 1 aromatic heterocycles. The van der Waals surface area contributed by atoms with Crippen molar-refractivity contribution in [3.8, 4) is 10.4 Å². The number of halogens is 2. The molecule has 1 aliphatic heterocycles. The highest BCUT2D eigenvalue weighted by Crippen LogP contribution is 2.36. The zero-order valence-electron chi connectivity index (χ0n) is 18.3. The molecule has 1 saturated heterocycles. The van der Waals surface area contributed by atoms with Crippen LogP contribution in [-0.2, 0) is 19.6 Å². The molecule has 3 aromatic rings. The topological polar surface area (TPSA) is 97.4 Å². The minimum absolute atomic E-state index is 0.0791. The minimum atomic E-state index is -4.00. The Morgan fingerprint density at radius 2 is 1.88 bits per heavy atom. The molecular weight excluding hydrogens is 517 g/mol. The van der Waals surface area contributed by atoms with Gasteiger partial charge in [0.1, 0.15) is 4.90 Å². The van der Waals surface area contributed by atoms with Crippen LogP contribution in [0.2, 0.25) is 10.0 Å². The van der Waals surface area contributed by atoms with Crippen LogP contribution in [0, 0.1) is 12.8 Å². The Morgan fingerprint density at radius 1 is 1.15 bits per heavy atom. The van der Waals surface area contributed by atoms with Crippen molar-refractivity contribution >= 4 is 61.3 Å². The predicted octanol–water partition coefficient (Wildman–Crippen LogP) is 5.98. The van der Waals surface area contributed by atoms with E-state index in [4.69, 9.17) is 27.9 Å². The van der Waals surface area contributed by atoms with Crippen molar-refractivity contribution in [2.24, 2.45) is 5.92 Å². The van der Waals surface area contributed by atoms with Gasteiger partial charge in [0.15, 0.2) is 5.13 Å². The second kappa shape index (κ2) is 10.6. The van der Waals surface area contributed by atoms with Gasteiger partial charge in [-0.3, -0.25) is 9.52 Å². The SMILES string of the molecule is Cc1nc(NC(=O)CC2CCOCC2)sc1-c1ccc(Cl)c(S(=O)(=O)Nc2ccccc2Cl)c1. The van der Waals surface area contributed by atoms with E-state index in [9.17, 15) is 13.2 Å². The smallest absolute Gasteiger partial charge is 0.263 e. The van der Waals surface area contributed by atoms with Gasteiger partial charge in [0.05, 0.1) is 26.3 Å². The third-order valence-corrected chi connectivity index (χ3v) is 8.76. The van der Waals surface area contributed by atoms with Crippen molar-refractivity contribution in [1.29, 1.82) is 0 Å². The summed E-state index contributed by atoms with van der Waals surface area (Å²) in [6.07, 6.45) is 2.17. The quantitative estimate of drug-likeness (QED) is 0.384. The summed E-state index contributed by atoms with van der Waals surface area (Å²) in [5.74, 6) is 0.222. The van der Waals surface area contributed by atoms with Crippen LogP contribution in [0.1, 0.15) is 25.0 Å². The van der Waals surface area contributed by atoms with Gasteiger partial charge in [-0.15, -0.1) is 0 Å². The lowest BCUT2D eigenvalue weighted by Crippen LogP contribution is -2.22. The first kappa shape index (κ1) is 24.9. The van der Waals surface area contributed by atoms with E-state index in [1.54, 1.807) is 30.3 Å². The molecule has 2 N–H and O–H groups in total.